The molecule has 4 rings (SSSR count). The molecule has 25 heavy (non-hydrogen) atoms. The first-order chi connectivity index (χ1) is 11.9. The number of nitrogens with one attached hydrogen (secondary N) is 1. The highest BCUT2D eigenvalue weighted by atomic mass is 16.5. The van der Waals surface area contributed by atoms with E-state index in [1.54, 1.807) is 7.11 Å². The second-order valence-corrected chi connectivity index (χ2v) is 8.17. The molecule has 1 fully saturated rings. The van der Waals surface area contributed by atoms with Gasteiger partial charge in [0.05, 0.1) is 18.5 Å². The van der Waals surface area contributed by atoms with E-state index in [0.717, 1.165) is 17.9 Å². The van der Waals surface area contributed by atoms with E-state index < -0.39 is 0 Å². The summed E-state index contributed by atoms with van der Waals surface area (Å²) in [7, 11) is 1.66. The summed E-state index contributed by atoms with van der Waals surface area (Å²) in [4.78, 5) is 12.8. The van der Waals surface area contributed by atoms with Crippen molar-refractivity contribution in [1.29, 1.82) is 0 Å². The van der Waals surface area contributed by atoms with E-state index in [1.807, 2.05) is 49.7 Å². The molecule has 2 aliphatic carbocycles. The number of carbonyl (C=O) groups is 1. The van der Waals surface area contributed by atoms with Crippen LogP contribution in [0.15, 0.2) is 24.3 Å². The summed E-state index contributed by atoms with van der Waals surface area (Å²) in [5.74, 6) is 1.75. The van der Waals surface area contributed by atoms with E-state index in [1.165, 1.54) is 24.1 Å². The Kier molecular flexibility index (Phi) is 3.63. The maximum absolute atomic E-state index is 12.8. The molecule has 5 heteroatoms. The number of hydrogen-bond donors (Lipinski definition) is 1. The molecule has 132 valence electrons. The van der Waals surface area contributed by atoms with Crippen LogP contribution in [0.2, 0.25) is 0 Å². The first-order valence-electron chi connectivity index (χ1n) is 8.97. The third-order valence-electron chi connectivity index (χ3n) is 5.21. The van der Waals surface area contributed by atoms with Gasteiger partial charge in [0, 0.05) is 17.0 Å². The molecule has 0 radical (unpaired) electrons. The van der Waals surface area contributed by atoms with Crippen LogP contribution in [0.1, 0.15) is 73.6 Å². The van der Waals surface area contributed by atoms with Crippen molar-refractivity contribution in [3.05, 3.63) is 41.2 Å². The van der Waals surface area contributed by atoms with Crippen molar-refractivity contribution < 1.29 is 9.53 Å². The van der Waals surface area contributed by atoms with Gasteiger partial charge in [-0.2, -0.15) is 5.10 Å². The van der Waals surface area contributed by atoms with E-state index in [2.05, 4.69) is 5.32 Å². The number of hydrogen-bond acceptors (Lipinski definition) is 3. The number of methoxy groups -OCH3 is 1. The number of fused-ring (bicyclic) bond motifs is 5. The zero-order chi connectivity index (χ0) is 17.8. The van der Waals surface area contributed by atoms with Gasteiger partial charge in [-0.3, -0.25) is 4.79 Å². The Morgan fingerprint density at radius 3 is 2.52 bits per heavy atom. The molecule has 2 bridgehead atoms. The van der Waals surface area contributed by atoms with Crippen molar-refractivity contribution in [2.24, 2.45) is 0 Å². The highest BCUT2D eigenvalue weighted by Crippen LogP contribution is 2.54. The van der Waals surface area contributed by atoms with Gasteiger partial charge in [-0.25, -0.2) is 4.68 Å². The van der Waals surface area contributed by atoms with Gasteiger partial charge in [0.1, 0.15) is 5.75 Å². The summed E-state index contributed by atoms with van der Waals surface area (Å²) < 4.78 is 7.23. The highest BCUT2D eigenvalue weighted by molar-refractivity contribution is 5.95. The first-order valence-corrected chi connectivity index (χ1v) is 8.97. The zero-order valence-corrected chi connectivity index (χ0v) is 15.3. The summed E-state index contributed by atoms with van der Waals surface area (Å²) in [6.45, 7) is 5.99. The Balaban J connectivity index is 1.79. The van der Waals surface area contributed by atoms with Gasteiger partial charge in [-0.1, -0.05) is 0 Å². The van der Waals surface area contributed by atoms with Crippen LogP contribution in [0.25, 0.3) is 5.69 Å². The van der Waals surface area contributed by atoms with Crippen LogP contribution in [-0.2, 0) is 0 Å². The average Bonchev–Trinajstić information content (AvgIpc) is 3.25. The molecule has 1 saturated carbocycles. The van der Waals surface area contributed by atoms with Crippen molar-refractivity contribution in [2.75, 3.05) is 7.11 Å². The van der Waals surface area contributed by atoms with E-state index in [-0.39, 0.29) is 11.4 Å². The summed E-state index contributed by atoms with van der Waals surface area (Å²) in [6.07, 6.45) is 3.51. The minimum atomic E-state index is -0.272. The summed E-state index contributed by atoms with van der Waals surface area (Å²) in [6, 6.07) is 7.88. The number of nitrogens with zero attached hydrogens (tertiary/aromatic N) is 2. The first kappa shape index (κ1) is 16.2. The molecule has 2 aliphatic rings. The van der Waals surface area contributed by atoms with Crippen molar-refractivity contribution in [2.45, 2.75) is 57.4 Å². The Bertz CT molecular complexity index is 815. The van der Waals surface area contributed by atoms with Gasteiger partial charge >= 0.3 is 0 Å². The van der Waals surface area contributed by atoms with Crippen LogP contribution in [0.3, 0.4) is 0 Å². The largest absolute Gasteiger partial charge is 0.497 e. The van der Waals surface area contributed by atoms with Crippen LogP contribution >= 0.6 is 0 Å². The van der Waals surface area contributed by atoms with Gasteiger partial charge < -0.3 is 10.1 Å². The van der Waals surface area contributed by atoms with Gasteiger partial charge in [-0.05, 0) is 70.2 Å². The van der Waals surface area contributed by atoms with Gasteiger partial charge in [0.25, 0.3) is 5.91 Å². The minimum Gasteiger partial charge on any atom is -0.497 e. The van der Waals surface area contributed by atoms with Crippen molar-refractivity contribution in [1.82, 2.24) is 15.1 Å². The minimum absolute atomic E-state index is 0.0661. The Hall–Kier alpha value is -2.30. The predicted molar refractivity (Wildman–Crippen MR) is 96.7 cm³/mol. The zero-order valence-electron chi connectivity index (χ0n) is 15.3. The standard InChI is InChI=1S/C20H25N3O2/c1-20(2,3)21-19(24)17-16-12-5-6-13(11-12)18(16)23(22-17)14-7-9-15(25-4)10-8-14/h7-10,12-13H,5-6,11H2,1-4H3,(H,21,24). The molecule has 1 amide bonds. The van der Waals surface area contributed by atoms with Crippen molar-refractivity contribution >= 4 is 5.91 Å². The molecule has 2 unspecified atom stereocenters. The third kappa shape index (κ3) is 2.71. The Morgan fingerprint density at radius 2 is 1.88 bits per heavy atom. The summed E-state index contributed by atoms with van der Waals surface area (Å²) in [5.41, 5.74) is 3.73. The molecule has 1 aromatic heterocycles. The lowest BCUT2D eigenvalue weighted by atomic mass is 9.95. The molecule has 0 spiro atoms. The quantitative estimate of drug-likeness (QED) is 0.926. The van der Waals surface area contributed by atoms with Crippen molar-refractivity contribution in [3.63, 3.8) is 0 Å². The number of carbonyl (C=O) groups excluding carboxylic acids is 1. The molecule has 2 aromatic rings. The molecule has 0 aliphatic heterocycles. The highest BCUT2D eigenvalue weighted by Gasteiger charge is 2.44. The van der Waals surface area contributed by atoms with Crippen molar-refractivity contribution in [3.8, 4) is 11.4 Å². The maximum Gasteiger partial charge on any atom is 0.272 e. The normalized spacial score (nSPS) is 21.3. The van der Waals surface area contributed by atoms with Crippen LogP contribution in [-0.4, -0.2) is 28.3 Å². The molecule has 1 N–H and O–H groups in total. The summed E-state index contributed by atoms with van der Waals surface area (Å²) >= 11 is 0. The average molecular weight is 339 g/mol. The number of aromatic nitrogens is 2. The van der Waals surface area contributed by atoms with E-state index >= 15 is 0 Å². The molecular weight excluding hydrogens is 314 g/mol. The van der Waals surface area contributed by atoms with Gasteiger partial charge in [0.15, 0.2) is 5.69 Å². The molecule has 2 atom stereocenters. The lowest BCUT2D eigenvalue weighted by Gasteiger charge is -2.20. The Labute approximate surface area is 148 Å². The number of rotatable bonds is 3. The van der Waals surface area contributed by atoms with Crippen LogP contribution in [0.4, 0.5) is 0 Å². The van der Waals surface area contributed by atoms with E-state index in [0.29, 0.717) is 17.5 Å². The van der Waals surface area contributed by atoms with Gasteiger partial charge in [-0.15, -0.1) is 0 Å². The SMILES string of the molecule is COc1ccc(-n2nc(C(=O)NC(C)(C)C)c3c2C2CCC3C2)cc1. The second kappa shape index (κ2) is 5.61. The molecule has 5 nitrogen and oxygen atoms in total. The third-order valence-corrected chi connectivity index (χ3v) is 5.21. The van der Waals surface area contributed by atoms with Crippen LogP contribution < -0.4 is 10.1 Å². The fourth-order valence-corrected chi connectivity index (χ4v) is 4.22. The fraction of sp³-hybridized carbons (Fsp3) is 0.500. The smallest absolute Gasteiger partial charge is 0.272 e. The fourth-order valence-electron chi connectivity index (χ4n) is 4.22. The lowest BCUT2D eigenvalue weighted by molar-refractivity contribution is 0.0912. The van der Waals surface area contributed by atoms with E-state index in [4.69, 9.17) is 9.84 Å². The number of ether oxygens (including phenoxy) is 1. The topological polar surface area (TPSA) is 56.2 Å². The molecule has 0 saturated heterocycles. The second-order valence-electron chi connectivity index (χ2n) is 8.17. The molecule has 1 heterocycles. The lowest BCUT2D eigenvalue weighted by Crippen LogP contribution is -2.41. The monoisotopic (exact) mass is 339 g/mol. The maximum atomic E-state index is 12.8. The molecular formula is C20H25N3O2. The number of amides is 1. The summed E-state index contributed by atoms with van der Waals surface area (Å²) in [5, 5.41) is 7.82. The Morgan fingerprint density at radius 1 is 1.20 bits per heavy atom. The van der Waals surface area contributed by atoms with Crippen LogP contribution in [0.5, 0.6) is 5.75 Å². The predicted octanol–water partition coefficient (Wildman–Crippen LogP) is 3.77. The molecule has 1 aromatic carbocycles. The van der Waals surface area contributed by atoms with Gasteiger partial charge in [0.2, 0.25) is 0 Å². The van der Waals surface area contributed by atoms with E-state index in [9.17, 15) is 4.79 Å². The number of benzene rings is 1. The van der Waals surface area contributed by atoms with Crippen LogP contribution in [0, 0.1) is 0 Å².